The molecule has 2 unspecified atom stereocenters. The van der Waals surface area contributed by atoms with Crippen molar-refractivity contribution >= 4 is 16.8 Å². The van der Waals surface area contributed by atoms with E-state index < -0.39 is 18.1 Å². The summed E-state index contributed by atoms with van der Waals surface area (Å²) in [6.45, 7) is 0. The molecule has 1 amide bonds. The van der Waals surface area contributed by atoms with Crippen molar-refractivity contribution in [2.24, 2.45) is 5.73 Å². The van der Waals surface area contributed by atoms with Crippen LogP contribution in [0.5, 0.6) is 0 Å². The zero-order chi connectivity index (χ0) is 12.4. The number of primary amides is 1. The molecule has 0 aliphatic rings. The molecule has 2 aromatic rings. The van der Waals surface area contributed by atoms with Gasteiger partial charge >= 0.3 is 0 Å². The summed E-state index contributed by atoms with van der Waals surface area (Å²) in [7, 11) is 0. The molecule has 0 aliphatic carbocycles. The van der Waals surface area contributed by atoms with E-state index in [2.05, 4.69) is 4.98 Å². The number of nitrogens with two attached hydrogens (primary N) is 1. The molecule has 0 radical (unpaired) electrons. The lowest BCUT2D eigenvalue weighted by Crippen LogP contribution is -2.33. The number of hydrogen-bond donors (Lipinski definition) is 3. The molecule has 0 spiro atoms. The van der Waals surface area contributed by atoms with E-state index in [0.717, 1.165) is 10.9 Å². The Morgan fingerprint density at radius 1 is 1.29 bits per heavy atom. The van der Waals surface area contributed by atoms with Crippen molar-refractivity contribution in [3.8, 4) is 0 Å². The van der Waals surface area contributed by atoms with Crippen molar-refractivity contribution in [3.63, 3.8) is 0 Å². The minimum atomic E-state index is -1.63. The van der Waals surface area contributed by atoms with Gasteiger partial charge in [-0.25, -0.2) is 0 Å². The standard InChI is InChI=1S/C12H12N2O3/c13-12(17)11(16)10(15)8-5-7-3-1-2-4-9(7)14-6-8/h1-6,10-11,15-16H,(H2,13,17). The number of nitrogens with zero attached hydrogens (tertiary/aromatic N) is 1. The van der Waals surface area contributed by atoms with Crippen molar-refractivity contribution < 1.29 is 15.0 Å². The maximum absolute atomic E-state index is 10.8. The number of rotatable bonds is 3. The number of carbonyl (C=O) groups excluding carboxylic acids is 1. The molecule has 0 fully saturated rings. The minimum absolute atomic E-state index is 0.356. The Balaban J connectivity index is 2.39. The third kappa shape index (κ3) is 2.25. The molecule has 1 aromatic carbocycles. The highest BCUT2D eigenvalue weighted by Crippen LogP contribution is 2.20. The van der Waals surface area contributed by atoms with Crippen molar-refractivity contribution in [3.05, 3.63) is 42.1 Å². The normalized spacial score (nSPS) is 14.5. The van der Waals surface area contributed by atoms with Crippen molar-refractivity contribution in [1.82, 2.24) is 4.98 Å². The third-order valence-corrected chi connectivity index (χ3v) is 2.54. The van der Waals surface area contributed by atoms with Crippen molar-refractivity contribution in [2.45, 2.75) is 12.2 Å². The summed E-state index contributed by atoms with van der Waals surface area (Å²) in [5.74, 6) is -0.967. The summed E-state index contributed by atoms with van der Waals surface area (Å²) < 4.78 is 0. The second kappa shape index (κ2) is 4.48. The molecule has 2 rings (SSSR count). The second-order valence-corrected chi connectivity index (χ2v) is 3.75. The van der Waals surface area contributed by atoms with E-state index >= 15 is 0 Å². The molecule has 0 bridgehead atoms. The molecule has 4 N–H and O–H groups in total. The van der Waals surface area contributed by atoms with Gasteiger partial charge in [0.2, 0.25) is 5.91 Å². The molecular weight excluding hydrogens is 220 g/mol. The number of benzene rings is 1. The zero-order valence-corrected chi connectivity index (χ0v) is 8.95. The molecule has 1 aromatic heterocycles. The molecule has 2 atom stereocenters. The SMILES string of the molecule is NC(=O)C(O)C(O)c1cnc2ccccc2c1. The Labute approximate surface area is 97.5 Å². The average Bonchev–Trinajstić information content (AvgIpc) is 2.36. The molecule has 88 valence electrons. The number of pyridine rings is 1. The fraction of sp³-hybridized carbons (Fsp3) is 0.167. The Bertz CT molecular complexity index is 556. The number of aliphatic hydroxyl groups excluding tert-OH is 2. The smallest absolute Gasteiger partial charge is 0.249 e. The molecule has 0 saturated carbocycles. The van der Waals surface area contributed by atoms with Crippen molar-refractivity contribution in [1.29, 1.82) is 0 Å². The molecule has 0 saturated heterocycles. The van der Waals surface area contributed by atoms with Crippen LogP contribution in [0.2, 0.25) is 0 Å². The maximum atomic E-state index is 10.8. The van der Waals surface area contributed by atoms with Gasteiger partial charge in [0.05, 0.1) is 5.52 Å². The van der Waals surface area contributed by atoms with Gasteiger partial charge < -0.3 is 15.9 Å². The van der Waals surface area contributed by atoms with Crippen LogP contribution in [-0.4, -0.2) is 27.2 Å². The first kappa shape index (κ1) is 11.5. The number of fused-ring (bicyclic) bond motifs is 1. The first-order valence-electron chi connectivity index (χ1n) is 5.10. The number of para-hydroxylation sites is 1. The van der Waals surface area contributed by atoms with Crippen LogP contribution >= 0.6 is 0 Å². The van der Waals surface area contributed by atoms with Gasteiger partial charge in [0, 0.05) is 17.1 Å². The second-order valence-electron chi connectivity index (χ2n) is 3.75. The monoisotopic (exact) mass is 232 g/mol. The molecule has 5 nitrogen and oxygen atoms in total. The quantitative estimate of drug-likeness (QED) is 0.700. The van der Waals surface area contributed by atoms with E-state index in [1.165, 1.54) is 6.20 Å². The summed E-state index contributed by atoms with van der Waals surface area (Å²) in [6.07, 6.45) is -1.57. The highest BCUT2D eigenvalue weighted by molar-refractivity contribution is 5.81. The lowest BCUT2D eigenvalue weighted by Gasteiger charge is -2.15. The van der Waals surface area contributed by atoms with Gasteiger partial charge in [-0.1, -0.05) is 18.2 Å². The summed E-state index contributed by atoms with van der Waals surface area (Å²) in [5.41, 5.74) is 6.05. The van der Waals surface area contributed by atoms with E-state index in [0.29, 0.717) is 5.56 Å². The zero-order valence-electron chi connectivity index (χ0n) is 8.95. The topological polar surface area (TPSA) is 96.4 Å². The number of amides is 1. The Kier molecular flexibility index (Phi) is 3.03. The summed E-state index contributed by atoms with van der Waals surface area (Å²) in [4.78, 5) is 14.9. The molecule has 1 heterocycles. The predicted molar refractivity (Wildman–Crippen MR) is 61.9 cm³/mol. The number of aromatic nitrogens is 1. The molecule has 17 heavy (non-hydrogen) atoms. The Morgan fingerprint density at radius 3 is 2.71 bits per heavy atom. The maximum Gasteiger partial charge on any atom is 0.249 e. The van der Waals surface area contributed by atoms with E-state index in [4.69, 9.17) is 5.73 Å². The van der Waals surface area contributed by atoms with Gasteiger partial charge in [-0.05, 0) is 12.1 Å². The largest absolute Gasteiger partial charge is 0.385 e. The van der Waals surface area contributed by atoms with Crippen LogP contribution in [0, 0.1) is 0 Å². The number of hydrogen-bond acceptors (Lipinski definition) is 4. The number of aliphatic hydroxyl groups is 2. The van der Waals surface area contributed by atoms with Gasteiger partial charge in [-0.15, -0.1) is 0 Å². The predicted octanol–water partition coefficient (Wildman–Crippen LogP) is 0.114. The number of carbonyl (C=O) groups is 1. The van der Waals surface area contributed by atoms with Gasteiger partial charge in [-0.2, -0.15) is 0 Å². The van der Waals surface area contributed by atoms with E-state index in [1.807, 2.05) is 24.3 Å². The van der Waals surface area contributed by atoms with E-state index in [1.54, 1.807) is 6.07 Å². The first-order valence-corrected chi connectivity index (χ1v) is 5.10. The van der Waals surface area contributed by atoms with E-state index in [-0.39, 0.29) is 0 Å². The van der Waals surface area contributed by atoms with Gasteiger partial charge in [0.1, 0.15) is 6.10 Å². The third-order valence-electron chi connectivity index (χ3n) is 2.54. The van der Waals surface area contributed by atoms with E-state index in [9.17, 15) is 15.0 Å². The minimum Gasteiger partial charge on any atom is -0.385 e. The van der Waals surface area contributed by atoms with Gasteiger partial charge in [0.15, 0.2) is 6.10 Å². The van der Waals surface area contributed by atoms with Crippen LogP contribution in [-0.2, 0) is 4.79 Å². The summed E-state index contributed by atoms with van der Waals surface area (Å²) in [6, 6.07) is 9.01. The average molecular weight is 232 g/mol. The van der Waals surface area contributed by atoms with Crippen LogP contribution in [0.15, 0.2) is 36.5 Å². The lowest BCUT2D eigenvalue weighted by atomic mass is 10.0. The van der Waals surface area contributed by atoms with Crippen LogP contribution < -0.4 is 5.73 Å². The lowest BCUT2D eigenvalue weighted by molar-refractivity contribution is -0.131. The van der Waals surface area contributed by atoms with Crippen LogP contribution in [0.3, 0.4) is 0 Å². The van der Waals surface area contributed by atoms with Crippen LogP contribution in [0.25, 0.3) is 10.9 Å². The van der Waals surface area contributed by atoms with Gasteiger partial charge in [-0.3, -0.25) is 9.78 Å². The summed E-state index contributed by atoms with van der Waals surface area (Å²) >= 11 is 0. The molecule has 0 aliphatic heterocycles. The Hall–Kier alpha value is -1.98. The highest BCUT2D eigenvalue weighted by atomic mass is 16.3. The summed E-state index contributed by atoms with van der Waals surface area (Å²) in [5, 5.41) is 19.9. The Morgan fingerprint density at radius 2 is 2.00 bits per heavy atom. The first-order chi connectivity index (χ1) is 8.09. The fourth-order valence-corrected chi connectivity index (χ4v) is 1.59. The fourth-order valence-electron chi connectivity index (χ4n) is 1.59. The van der Waals surface area contributed by atoms with Crippen molar-refractivity contribution in [2.75, 3.05) is 0 Å². The van der Waals surface area contributed by atoms with Crippen LogP contribution in [0.4, 0.5) is 0 Å². The molecular formula is C12H12N2O3. The van der Waals surface area contributed by atoms with Crippen LogP contribution in [0.1, 0.15) is 11.7 Å². The van der Waals surface area contributed by atoms with Gasteiger partial charge in [0.25, 0.3) is 0 Å². The highest BCUT2D eigenvalue weighted by Gasteiger charge is 2.23. The molecule has 5 heteroatoms.